The van der Waals surface area contributed by atoms with Crippen molar-refractivity contribution >= 4 is 15.7 Å². The van der Waals surface area contributed by atoms with Crippen molar-refractivity contribution < 1.29 is 18.3 Å². The van der Waals surface area contributed by atoms with Crippen molar-refractivity contribution in [3.05, 3.63) is 11.9 Å². The van der Waals surface area contributed by atoms with Gasteiger partial charge in [-0.3, -0.25) is 9.89 Å². The molecule has 18 heavy (non-hydrogen) atoms. The normalized spacial score (nSPS) is 20.3. The van der Waals surface area contributed by atoms with Crippen molar-refractivity contribution in [1.29, 1.82) is 0 Å². The lowest BCUT2D eigenvalue weighted by Crippen LogP contribution is -2.30. The number of aromatic nitrogens is 2. The zero-order valence-corrected chi connectivity index (χ0v) is 10.8. The molecule has 1 fully saturated rings. The van der Waals surface area contributed by atoms with Gasteiger partial charge in [-0.25, -0.2) is 8.42 Å². The molecular formula is C10H15N3O4S. The number of carbonyl (C=O) groups is 1. The Morgan fingerprint density at radius 3 is 3.00 bits per heavy atom. The Morgan fingerprint density at radius 2 is 2.39 bits per heavy atom. The second-order valence-electron chi connectivity index (χ2n) is 4.40. The molecule has 0 spiro atoms. The maximum atomic E-state index is 11.6. The van der Waals surface area contributed by atoms with Crippen molar-refractivity contribution in [2.24, 2.45) is 0 Å². The Hall–Kier alpha value is -1.41. The number of likely N-dealkylation sites (tertiary alicyclic amines) is 1. The van der Waals surface area contributed by atoms with Gasteiger partial charge in [0, 0.05) is 25.3 Å². The number of hydrogen-bond donors (Lipinski definition) is 2. The van der Waals surface area contributed by atoms with Crippen LogP contribution in [0.25, 0.3) is 0 Å². The SMILES string of the molecule is CS(=O)(=O)c1cn[nH]c1[C@H]1CCN(C(=O)CO)C1. The zero-order valence-electron chi connectivity index (χ0n) is 9.96. The highest BCUT2D eigenvalue weighted by Crippen LogP contribution is 2.29. The van der Waals surface area contributed by atoms with E-state index in [1.165, 1.54) is 11.1 Å². The lowest BCUT2D eigenvalue weighted by atomic mass is 10.1. The molecule has 1 aromatic heterocycles. The predicted octanol–water partition coefficient (Wildman–Crippen LogP) is -0.879. The summed E-state index contributed by atoms with van der Waals surface area (Å²) < 4.78 is 23.1. The van der Waals surface area contributed by atoms with Gasteiger partial charge in [0.05, 0.1) is 11.9 Å². The number of nitrogens with one attached hydrogen (secondary N) is 1. The minimum atomic E-state index is -3.32. The predicted molar refractivity (Wildman–Crippen MR) is 62.7 cm³/mol. The third kappa shape index (κ3) is 2.39. The second kappa shape index (κ2) is 4.69. The van der Waals surface area contributed by atoms with Crippen molar-refractivity contribution in [3.8, 4) is 0 Å². The number of amides is 1. The van der Waals surface area contributed by atoms with E-state index in [2.05, 4.69) is 10.2 Å². The Balaban J connectivity index is 2.20. The van der Waals surface area contributed by atoms with Crippen molar-refractivity contribution in [2.45, 2.75) is 17.2 Å². The third-order valence-corrected chi connectivity index (χ3v) is 4.24. The molecule has 7 nitrogen and oxygen atoms in total. The van der Waals surface area contributed by atoms with Crippen LogP contribution in [0.4, 0.5) is 0 Å². The van der Waals surface area contributed by atoms with Gasteiger partial charge in [0.25, 0.3) is 0 Å². The van der Waals surface area contributed by atoms with Gasteiger partial charge in [-0.15, -0.1) is 0 Å². The molecule has 0 radical (unpaired) electrons. The summed E-state index contributed by atoms with van der Waals surface area (Å²) in [7, 11) is -3.32. The molecule has 0 aromatic carbocycles. The molecule has 2 N–H and O–H groups in total. The lowest BCUT2D eigenvalue weighted by molar-refractivity contribution is -0.133. The Kier molecular flexibility index (Phi) is 3.40. The summed E-state index contributed by atoms with van der Waals surface area (Å²) in [4.78, 5) is 13.1. The van der Waals surface area contributed by atoms with Crippen LogP contribution in [-0.2, 0) is 14.6 Å². The van der Waals surface area contributed by atoms with Gasteiger partial charge < -0.3 is 10.0 Å². The number of aliphatic hydroxyl groups is 1. The van der Waals surface area contributed by atoms with Crippen LogP contribution < -0.4 is 0 Å². The second-order valence-corrected chi connectivity index (χ2v) is 6.39. The summed E-state index contributed by atoms with van der Waals surface area (Å²) >= 11 is 0. The number of nitrogens with zero attached hydrogens (tertiary/aromatic N) is 2. The minimum Gasteiger partial charge on any atom is -0.387 e. The average molecular weight is 273 g/mol. The van der Waals surface area contributed by atoms with Crippen LogP contribution in [0.2, 0.25) is 0 Å². The van der Waals surface area contributed by atoms with Crippen LogP contribution in [0.3, 0.4) is 0 Å². The summed E-state index contributed by atoms with van der Waals surface area (Å²) in [5, 5.41) is 15.3. The number of sulfone groups is 1. The molecule has 1 aliphatic rings. The van der Waals surface area contributed by atoms with Gasteiger partial charge in [0.2, 0.25) is 5.91 Å². The molecule has 100 valence electrons. The van der Waals surface area contributed by atoms with E-state index < -0.39 is 16.4 Å². The van der Waals surface area contributed by atoms with Crippen LogP contribution in [0, 0.1) is 0 Å². The third-order valence-electron chi connectivity index (χ3n) is 3.12. The van der Waals surface area contributed by atoms with Crippen LogP contribution in [-0.4, -0.2) is 60.5 Å². The lowest BCUT2D eigenvalue weighted by Gasteiger charge is -2.14. The molecule has 1 saturated heterocycles. The minimum absolute atomic E-state index is 0.0762. The number of H-pyrrole nitrogens is 1. The molecule has 0 unspecified atom stereocenters. The van der Waals surface area contributed by atoms with E-state index in [0.717, 1.165) is 6.26 Å². The Bertz CT molecular complexity index is 551. The molecule has 1 amide bonds. The fourth-order valence-corrected chi connectivity index (χ4v) is 3.05. The van der Waals surface area contributed by atoms with E-state index >= 15 is 0 Å². The molecule has 2 rings (SSSR count). The van der Waals surface area contributed by atoms with Gasteiger partial charge in [0.1, 0.15) is 11.5 Å². The summed E-state index contributed by atoms with van der Waals surface area (Å²) in [6.45, 7) is 0.408. The van der Waals surface area contributed by atoms with E-state index in [4.69, 9.17) is 5.11 Å². The molecular weight excluding hydrogens is 258 g/mol. The number of rotatable bonds is 3. The van der Waals surface area contributed by atoms with Gasteiger partial charge in [0.15, 0.2) is 9.84 Å². The molecule has 1 aliphatic heterocycles. The van der Waals surface area contributed by atoms with Crippen LogP contribution in [0.1, 0.15) is 18.0 Å². The van der Waals surface area contributed by atoms with Gasteiger partial charge in [-0.2, -0.15) is 5.10 Å². The van der Waals surface area contributed by atoms with Crippen LogP contribution >= 0.6 is 0 Å². The van der Waals surface area contributed by atoms with E-state index in [-0.39, 0.29) is 16.7 Å². The van der Waals surface area contributed by atoms with Gasteiger partial charge in [-0.1, -0.05) is 0 Å². The Morgan fingerprint density at radius 1 is 1.67 bits per heavy atom. The van der Waals surface area contributed by atoms with Gasteiger partial charge in [-0.05, 0) is 6.42 Å². The van der Waals surface area contributed by atoms with Crippen molar-refractivity contribution in [1.82, 2.24) is 15.1 Å². The molecule has 8 heteroatoms. The number of hydrogen-bond acceptors (Lipinski definition) is 5. The first-order valence-corrected chi connectivity index (χ1v) is 7.44. The fraction of sp³-hybridized carbons (Fsp3) is 0.600. The van der Waals surface area contributed by atoms with E-state index in [9.17, 15) is 13.2 Å². The topological polar surface area (TPSA) is 103 Å². The van der Waals surface area contributed by atoms with E-state index in [1.807, 2.05) is 0 Å². The average Bonchev–Trinajstić information content (AvgIpc) is 2.94. The summed E-state index contributed by atoms with van der Waals surface area (Å²) in [6.07, 6.45) is 3.09. The highest BCUT2D eigenvalue weighted by molar-refractivity contribution is 7.90. The molecule has 0 saturated carbocycles. The standard InChI is InChI=1S/C10H15N3O4S/c1-18(16,17)8-4-11-12-10(8)7-2-3-13(5-7)9(15)6-14/h4,7,14H,2-3,5-6H2,1H3,(H,11,12)/t7-/m0/s1. The first-order chi connectivity index (χ1) is 8.43. The smallest absolute Gasteiger partial charge is 0.248 e. The van der Waals surface area contributed by atoms with E-state index in [1.54, 1.807) is 0 Å². The van der Waals surface area contributed by atoms with Crippen molar-refractivity contribution in [3.63, 3.8) is 0 Å². The number of carbonyl (C=O) groups excluding carboxylic acids is 1. The Labute approximate surface area is 105 Å². The highest BCUT2D eigenvalue weighted by atomic mass is 32.2. The summed E-state index contributed by atoms with van der Waals surface area (Å²) in [6, 6.07) is 0. The maximum Gasteiger partial charge on any atom is 0.248 e. The first kappa shape index (κ1) is 13.0. The number of aliphatic hydroxyl groups excluding tert-OH is 1. The summed E-state index contributed by atoms with van der Waals surface area (Å²) in [5.41, 5.74) is 0.547. The molecule has 1 atom stereocenters. The highest BCUT2D eigenvalue weighted by Gasteiger charge is 2.31. The molecule has 2 heterocycles. The maximum absolute atomic E-state index is 11.6. The van der Waals surface area contributed by atoms with Crippen LogP contribution in [0.5, 0.6) is 0 Å². The van der Waals surface area contributed by atoms with Gasteiger partial charge >= 0.3 is 0 Å². The monoisotopic (exact) mass is 273 g/mol. The molecule has 0 aliphatic carbocycles. The van der Waals surface area contributed by atoms with Crippen molar-refractivity contribution in [2.75, 3.05) is 26.0 Å². The summed E-state index contributed by atoms with van der Waals surface area (Å²) in [5.74, 6) is -0.411. The molecule has 0 bridgehead atoms. The largest absolute Gasteiger partial charge is 0.387 e. The molecule has 1 aromatic rings. The quantitative estimate of drug-likeness (QED) is 0.744. The fourth-order valence-electron chi connectivity index (χ4n) is 2.20. The number of aromatic amines is 1. The first-order valence-electron chi connectivity index (χ1n) is 5.55. The van der Waals surface area contributed by atoms with Crippen LogP contribution in [0.15, 0.2) is 11.1 Å². The zero-order chi connectivity index (χ0) is 13.3. The van der Waals surface area contributed by atoms with E-state index in [0.29, 0.717) is 25.2 Å².